The summed E-state index contributed by atoms with van der Waals surface area (Å²) in [5.41, 5.74) is 0. The van der Waals surface area contributed by atoms with Gasteiger partial charge in [0, 0.05) is 17.4 Å². The Morgan fingerprint density at radius 1 is 1.62 bits per heavy atom. The topological polar surface area (TPSA) is 74.6 Å². The zero-order chi connectivity index (χ0) is 6.28. The van der Waals surface area contributed by atoms with Crippen LogP contribution in [0.5, 0.6) is 0 Å². The third-order valence-corrected chi connectivity index (χ3v) is 0. The summed E-state index contributed by atoms with van der Waals surface area (Å²) in [5, 5.41) is 6.75. The molecule has 0 spiro atoms. The summed E-state index contributed by atoms with van der Waals surface area (Å²) < 4.78 is 18.5. The quantitative estimate of drug-likeness (QED) is 0.416. The van der Waals surface area contributed by atoms with Crippen molar-refractivity contribution in [3.8, 4) is 0 Å². The van der Waals surface area contributed by atoms with E-state index >= 15 is 0 Å². The average Bonchev–Trinajstić information content (AvgIpc) is 1.33. The molecule has 0 aliphatic heterocycles. The van der Waals surface area contributed by atoms with E-state index in [0.29, 0.717) is 0 Å². The van der Waals surface area contributed by atoms with E-state index in [1.54, 1.807) is 0 Å². The summed E-state index contributed by atoms with van der Waals surface area (Å²) in [4.78, 5) is 15.4. The van der Waals surface area contributed by atoms with Crippen molar-refractivity contribution >= 4 is 14.9 Å². The SMILES string of the molecule is O=C(O)F.O=[PH2]O.[Cr]. The summed E-state index contributed by atoms with van der Waals surface area (Å²) >= 11 is 0. The van der Waals surface area contributed by atoms with E-state index in [4.69, 9.17) is 19.4 Å². The minimum atomic E-state index is -2.33. The van der Waals surface area contributed by atoms with Gasteiger partial charge in [0.05, 0.1) is 0 Å². The molecule has 1 unspecified atom stereocenters. The molecule has 0 amide bonds. The minimum Gasteiger partial charge on any atom is -0.456 e. The van der Waals surface area contributed by atoms with Crippen LogP contribution in [0.15, 0.2) is 0 Å². The molecule has 4 nitrogen and oxygen atoms in total. The normalized spacial score (nSPS) is 6.75. The Morgan fingerprint density at radius 3 is 1.62 bits per heavy atom. The molecule has 0 saturated carbocycles. The molecule has 0 aliphatic carbocycles. The Bertz CT molecular complexity index is 63.1. The zero-order valence-corrected chi connectivity index (χ0v) is 6.00. The van der Waals surface area contributed by atoms with Gasteiger partial charge < -0.3 is 10.00 Å². The molecule has 0 bridgehead atoms. The molecule has 8 heavy (non-hydrogen) atoms. The summed E-state index contributed by atoms with van der Waals surface area (Å²) in [7, 11) is -1.50. The van der Waals surface area contributed by atoms with Crippen LogP contribution < -0.4 is 0 Å². The van der Waals surface area contributed by atoms with E-state index in [-0.39, 0.29) is 17.4 Å². The summed E-state index contributed by atoms with van der Waals surface area (Å²) in [6, 6.07) is 0. The largest absolute Gasteiger partial charge is 0.492 e. The van der Waals surface area contributed by atoms with Crippen molar-refractivity contribution in [2.24, 2.45) is 0 Å². The summed E-state index contributed by atoms with van der Waals surface area (Å²) in [6.07, 6.45) is -2.33. The Kier molecular flexibility index (Phi) is 30.8. The molecule has 0 saturated heterocycles. The van der Waals surface area contributed by atoms with Crippen LogP contribution in [-0.4, -0.2) is 16.2 Å². The summed E-state index contributed by atoms with van der Waals surface area (Å²) in [6.45, 7) is 0. The molecule has 0 aromatic heterocycles. The van der Waals surface area contributed by atoms with Gasteiger partial charge in [-0.15, -0.1) is 4.39 Å². The van der Waals surface area contributed by atoms with Gasteiger partial charge in [-0.25, -0.2) is 4.79 Å². The molecule has 7 heteroatoms. The van der Waals surface area contributed by atoms with E-state index in [1.807, 2.05) is 0 Å². The van der Waals surface area contributed by atoms with Crippen molar-refractivity contribution in [3.63, 3.8) is 0 Å². The third-order valence-electron chi connectivity index (χ3n) is 0. The fourth-order valence-electron chi connectivity index (χ4n) is 0. The van der Waals surface area contributed by atoms with Gasteiger partial charge in [0.15, 0.2) is 8.69 Å². The van der Waals surface area contributed by atoms with Crippen molar-refractivity contribution in [1.82, 2.24) is 0 Å². The molecular weight excluding hydrogens is 178 g/mol. The Labute approximate surface area is 56.7 Å². The van der Waals surface area contributed by atoms with E-state index in [9.17, 15) is 4.39 Å². The fraction of sp³-hybridized carbons (Fsp3) is 0. The first kappa shape index (κ1) is 15.7. The van der Waals surface area contributed by atoms with Crippen molar-refractivity contribution < 1.29 is 41.1 Å². The van der Waals surface area contributed by atoms with E-state index in [1.165, 1.54) is 0 Å². The number of hydrogen-bond donors (Lipinski definition) is 2. The second kappa shape index (κ2) is 15.7. The maximum Gasteiger partial charge on any atom is 0.492 e. The Morgan fingerprint density at radius 2 is 1.62 bits per heavy atom. The van der Waals surface area contributed by atoms with Crippen LogP contribution in [0.25, 0.3) is 0 Å². The molecule has 2 N–H and O–H groups in total. The number of rotatable bonds is 0. The van der Waals surface area contributed by atoms with Crippen LogP contribution >= 0.6 is 8.69 Å². The fourth-order valence-corrected chi connectivity index (χ4v) is 0. The predicted molar refractivity (Wildman–Crippen MR) is 21.7 cm³/mol. The molecule has 0 aromatic rings. The second-order valence-corrected chi connectivity index (χ2v) is 0.569. The number of carboxylic acid groups (broad SMARTS) is 1. The van der Waals surface area contributed by atoms with Gasteiger partial charge in [-0.1, -0.05) is 0 Å². The minimum absolute atomic E-state index is 0. The van der Waals surface area contributed by atoms with Gasteiger partial charge >= 0.3 is 6.22 Å². The van der Waals surface area contributed by atoms with Crippen molar-refractivity contribution in [3.05, 3.63) is 0 Å². The average molecular weight is 182 g/mol. The van der Waals surface area contributed by atoms with E-state index < -0.39 is 14.9 Å². The molecule has 0 rings (SSSR count). The van der Waals surface area contributed by atoms with Crippen molar-refractivity contribution in [1.29, 1.82) is 0 Å². The van der Waals surface area contributed by atoms with Crippen LogP contribution in [0, 0.1) is 0 Å². The first-order chi connectivity index (χ1) is 3.15. The van der Waals surface area contributed by atoms with Crippen LogP contribution in [0.1, 0.15) is 0 Å². The monoisotopic (exact) mass is 182 g/mol. The predicted octanol–water partition coefficient (Wildman–Crippen LogP) is 0.281. The number of hydrogen-bond acceptors (Lipinski definition) is 2. The second-order valence-electron chi connectivity index (χ2n) is 0.358. The van der Waals surface area contributed by atoms with Crippen LogP contribution in [0.4, 0.5) is 9.18 Å². The van der Waals surface area contributed by atoms with Crippen molar-refractivity contribution in [2.75, 3.05) is 0 Å². The maximum atomic E-state index is 9.92. The standard InChI is InChI=1S/CHFO2.Cr.H3O2P/c2-1(3)4;;1-3-2/h(H,3,4);;3H2,(H,1,2). The van der Waals surface area contributed by atoms with Crippen LogP contribution in [0.2, 0.25) is 0 Å². The zero-order valence-electron chi connectivity index (χ0n) is 3.57. The molecule has 1 atom stereocenters. The number of carbonyl (C=O) groups is 1. The third kappa shape index (κ3) is 10700. The van der Waals surface area contributed by atoms with Gasteiger partial charge in [-0.2, -0.15) is 0 Å². The molecule has 0 aromatic carbocycles. The van der Waals surface area contributed by atoms with Crippen molar-refractivity contribution in [2.45, 2.75) is 0 Å². The van der Waals surface area contributed by atoms with E-state index in [0.717, 1.165) is 0 Å². The van der Waals surface area contributed by atoms with Crippen LogP contribution in [0.3, 0.4) is 0 Å². The van der Waals surface area contributed by atoms with E-state index in [2.05, 4.69) is 0 Å². The molecule has 0 heterocycles. The van der Waals surface area contributed by atoms with Gasteiger partial charge in [0.1, 0.15) is 0 Å². The Hall–Kier alpha value is 0.122. The molecule has 0 aliphatic rings. The first-order valence-corrected chi connectivity index (χ1v) is 2.10. The Balaban J connectivity index is -0.0000000575. The summed E-state index contributed by atoms with van der Waals surface area (Å²) in [5.74, 6) is 0. The molecular formula is CH4CrFO4P. The van der Waals surface area contributed by atoms with Gasteiger partial charge in [-0.05, 0) is 0 Å². The van der Waals surface area contributed by atoms with Crippen LogP contribution in [-0.2, 0) is 21.9 Å². The molecule has 50 valence electrons. The number of halogens is 1. The first-order valence-electron chi connectivity index (χ1n) is 1.11. The molecule has 0 radical (unpaired) electrons. The van der Waals surface area contributed by atoms with Gasteiger partial charge in [0.2, 0.25) is 0 Å². The maximum absolute atomic E-state index is 9.92. The van der Waals surface area contributed by atoms with Gasteiger partial charge in [0.25, 0.3) is 0 Å². The molecule has 0 fully saturated rings. The smallest absolute Gasteiger partial charge is 0.456 e. The van der Waals surface area contributed by atoms with Gasteiger partial charge in [-0.3, -0.25) is 4.57 Å².